The fraction of sp³-hybridized carbons (Fsp3) is 0.273. The Morgan fingerprint density at radius 3 is 3.00 bits per heavy atom. The van der Waals surface area contributed by atoms with Crippen molar-refractivity contribution in [2.75, 3.05) is 35.3 Å². The lowest BCUT2D eigenvalue weighted by Crippen LogP contribution is -2.48. The Bertz CT molecular complexity index is 1140. The summed E-state index contributed by atoms with van der Waals surface area (Å²) in [5.74, 6) is 0.706. The highest BCUT2D eigenvalue weighted by Gasteiger charge is 2.40. The lowest BCUT2D eigenvalue weighted by Gasteiger charge is -2.35. The third kappa shape index (κ3) is 3.20. The minimum atomic E-state index is -0.174. The first-order valence-corrected chi connectivity index (χ1v) is 10.00. The summed E-state index contributed by atoms with van der Waals surface area (Å²) >= 11 is 0. The number of amides is 2. The summed E-state index contributed by atoms with van der Waals surface area (Å²) in [4.78, 5) is 26.4. The summed E-state index contributed by atoms with van der Waals surface area (Å²) in [6, 6.07) is 12.1. The van der Waals surface area contributed by atoms with E-state index in [0.29, 0.717) is 11.5 Å². The maximum Gasteiger partial charge on any atom is 0.327 e. The molecule has 2 aromatic heterocycles. The minimum Gasteiger partial charge on any atom is -0.366 e. The molecule has 2 amide bonds. The van der Waals surface area contributed by atoms with Gasteiger partial charge in [0.15, 0.2) is 5.82 Å². The van der Waals surface area contributed by atoms with Crippen LogP contribution in [0.25, 0.3) is 11.3 Å². The number of anilines is 3. The first kappa shape index (κ1) is 18.4. The van der Waals surface area contributed by atoms with Gasteiger partial charge in [0.1, 0.15) is 0 Å². The van der Waals surface area contributed by atoms with E-state index in [1.807, 2.05) is 42.4 Å². The second-order valence-corrected chi connectivity index (χ2v) is 7.64. The second-order valence-electron chi connectivity index (χ2n) is 7.64. The van der Waals surface area contributed by atoms with Crippen molar-refractivity contribution in [3.05, 3.63) is 54.4 Å². The van der Waals surface area contributed by atoms with Gasteiger partial charge in [-0.3, -0.25) is 14.6 Å². The van der Waals surface area contributed by atoms with E-state index in [4.69, 9.17) is 4.98 Å². The number of aromatic nitrogens is 3. The molecular formula is C22H23N7O. The average Bonchev–Trinajstić information content (AvgIpc) is 3.35. The Labute approximate surface area is 174 Å². The minimum absolute atomic E-state index is 0.107. The molecule has 1 saturated heterocycles. The molecule has 0 unspecified atom stereocenters. The maximum absolute atomic E-state index is 13.2. The predicted molar refractivity (Wildman–Crippen MR) is 119 cm³/mol. The van der Waals surface area contributed by atoms with Crippen molar-refractivity contribution in [2.45, 2.75) is 12.5 Å². The van der Waals surface area contributed by atoms with E-state index in [1.165, 1.54) is 0 Å². The Hall–Kier alpha value is -3.68. The Morgan fingerprint density at radius 1 is 1.30 bits per heavy atom. The summed E-state index contributed by atoms with van der Waals surface area (Å²) in [5.41, 5.74) is 4.52. The van der Waals surface area contributed by atoms with Gasteiger partial charge < -0.3 is 10.2 Å². The number of aliphatic imine (C=N–C) groups is 1. The zero-order chi connectivity index (χ0) is 20.7. The number of rotatable bonds is 3. The van der Waals surface area contributed by atoms with Gasteiger partial charge >= 0.3 is 6.03 Å². The average molecular weight is 401 g/mol. The van der Waals surface area contributed by atoms with Crippen molar-refractivity contribution in [3.8, 4) is 11.3 Å². The molecule has 1 aromatic carbocycles. The molecule has 5 rings (SSSR count). The van der Waals surface area contributed by atoms with Gasteiger partial charge in [0, 0.05) is 45.2 Å². The van der Waals surface area contributed by atoms with Gasteiger partial charge in [-0.2, -0.15) is 5.10 Å². The third-order valence-electron chi connectivity index (χ3n) is 5.59. The molecular weight excluding hydrogens is 378 g/mol. The topological polar surface area (TPSA) is 78.6 Å². The van der Waals surface area contributed by atoms with Gasteiger partial charge in [0.2, 0.25) is 0 Å². The molecule has 0 spiro atoms. The molecule has 2 aliphatic rings. The Balaban J connectivity index is 1.53. The zero-order valence-corrected chi connectivity index (χ0v) is 17.0. The number of carbonyl (C=O) groups is 1. The standard InChI is InChI=1S/C22H23N7O/c1-23-11-15-4-3-5-16(10-15)19-6-7-20-21(26-19)29(18-8-9-28(20)14-18)22(30)25-17-12-24-27(2)13-17/h3-7,10-13,18H,8-9,14H2,1-2H3,(H,25,30)/b23-11+/t18-/m0/s1. The number of hydrogen-bond acceptors (Lipinski definition) is 5. The van der Waals surface area contributed by atoms with Crippen LogP contribution in [-0.2, 0) is 7.05 Å². The van der Waals surface area contributed by atoms with Crippen molar-refractivity contribution in [1.29, 1.82) is 0 Å². The van der Waals surface area contributed by atoms with Crippen LogP contribution in [0.5, 0.6) is 0 Å². The van der Waals surface area contributed by atoms with Crippen molar-refractivity contribution in [1.82, 2.24) is 14.8 Å². The molecule has 1 fully saturated rings. The Morgan fingerprint density at radius 2 is 2.20 bits per heavy atom. The molecule has 2 aliphatic heterocycles. The van der Waals surface area contributed by atoms with E-state index in [2.05, 4.69) is 32.4 Å². The van der Waals surface area contributed by atoms with E-state index >= 15 is 0 Å². The first-order valence-electron chi connectivity index (χ1n) is 10.00. The molecule has 1 N–H and O–H groups in total. The smallest absolute Gasteiger partial charge is 0.327 e. The van der Waals surface area contributed by atoms with Crippen LogP contribution in [-0.4, -0.2) is 53.2 Å². The quantitative estimate of drug-likeness (QED) is 0.684. The monoisotopic (exact) mass is 401 g/mol. The molecule has 152 valence electrons. The molecule has 30 heavy (non-hydrogen) atoms. The van der Waals surface area contributed by atoms with Crippen molar-refractivity contribution in [3.63, 3.8) is 0 Å². The zero-order valence-electron chi connectivity index (χ0n) is 17.0. The predicted octanol–water partition coefficient (Wildman–Crippen LogP) is 3.16. The SMILES string of the molecule is C/N=C/c1cccc(-c2ccc3c(n2)N(C(=O)Nc2cnn(C)c2)[C@H]2CCN3C2)c1. The lowest BCUT2D eigenvalue weighted by atomic mass is 10.1. The van der Waals surface area contributed by atoms with Gasteiger partial charge in [0.25, 0.3) is 0 Å². The molecule has 1 atom stereocenters. The molecule has 3 aromatic rings. The third-order valence-corrected chi connectivity index (χ3v) is 5.59. The van der Waals surface area contributed by atoms with Crippen LogP contribution in [0.2, 0.25) is 0 Å². The number of nitrogens with one attached hydrogen (secondary N) is 1. The van der Waals surface area contributed by atoms with Crippen LogP contribution in [0.15, 0.2) is 53.8 Å². The van der Waals surface area contributed by atoms with Gasteiger partial charge in [0.05, 0.1) is 29.3 Å². The van der Waals surface area contributed by atoms with Gasteiger partial charge in [-0.05, 0) is 30.2 Å². The summed E-state index contributed by atoms with van der Waals surface area (Å²) in [6.07, 6.45) is 6.18. The number of carbonyl (C=O) groups excluding carboxylic acids is 1. The normalized spacial score (nSPS) is 17.5. The summed E-state index contributed by atoms with van der Waals surface area (Å²) in [5, 5.41) is 7.10. The van der Waals surface area contributed by atoms with E-state index in [1.54, 1.807) is 24.1 Å². The lowest BCUT2D eigenvalue weighted by molar-refractivity contribution is 0.255. The van der Waals surface area contributed by atoms with E-state index in [-0.39, 0.29) is 12.1 Å². The van der Waals surface area contributed by atoms with Crippen LogP contribution in [0.1, 0.15) is 12.0 Å². The Kier molecular flexibility index (Phi) is 4.46. The van der Waals surface area contributed by atoms with Crippen molar-refractivity contribution >= 4 is 29.4 Å². The summed E-state index contributed by atoms with van der Waals surface area (Å²) in [6.45, 7) is 1.76. The number of pyridine rings is 1. The van der Waals surface area contributed by atoms with Crippen molar-refractivity contribution < 1.29 is 4.79 Å². The molecule has 8 heteroatoms. The molecule has 0 radical (unpaired) electrons. The van der Waals surface area contributed by atoms with Crippen LogP contribution in [0.3, 0.4) is 0 Å². The van der Waals surface area contributed by atoms with E-state index in [0.717, 1.165) is 42.0 Å². The number of fused-ring (bicyclic) bond motifs is 4. The fourth-order valence-corrected chi connectivity index (χ4v) is 4.23. The molecule has 0 saturated carbocycles. The van der Waals surface area contributed by atoms with Crippen LogP contribution in [0.4, 0.5) is 22.0 Å². The second kappa shape index (κ2) is 7.29. The summed E-state index contributed by atoms with van der Waals surface area (Å²) in [7, 11) is 3.58. The first-order chi connectivity index (χ1) is 14.6. The van der Waals surface area contributed by atoms with Gasteiger partial charge in [-0.25, -0.2) is 9.78 Å². The van der Waals surface area contributed by atoms with Crippen LogP contribution in [0, 0.1) is 0 Å². The molecule has 2 bridgehead atoms. The molecule has 4 heterocycles. The van der Waals surface area contributed by atoms with E-state index in [9.17, 15) is 4.79 Å². The number of benzene rings is 1. The van der Waals surface area contributed by atoms with Crippen LogP contribution >= 0.6 is 0 Å². The van der Waals surface area contributed by atoms with Gasteiger partial charge in [-0.1, -0.05) is 18.2 Å². The maximum atomic E-state index is 13.2. The van der Waals surface area contributed by atoms with Crippen molar-refractivity contribution in [2.24, 2.45) is 12.0 Å². The highest BCUT2D eigenvalue weighted by atomic mass is 16.2. The highest BCUT2D eigenvalue weighted by molar-refractivity contribution is 6.04. The summed E-state index contributed by atoms with van der Waals surface area (Å²) < 4.78 is 1.67. The largest absolute Gasteiger partial charge is 0.366 e. The number of hydrogen-bond donors (Lipinski definition) is 1. The molecule has 8 nitrogen and oxygen atoms in total. The number of urea groups is 1. The fourth-order valence-electron chi connectivity index (χ4n) is 4.23. The number of nitrogens with zero attached hydrogens (tertiary/aromatic N) is 6. The number of aryl methyl sites for hydroxylation is 1. The van der Waals surface area contributed by atoms with E-state index < -0.39 is 0 Å². The van der Waals surface area contributed by atoms with Gasteiger partial charge in [-0.15, -0.1) is 0 Å². The molecule has 0 aliphatic carbocycles. The van der Waals surface area contributed by atoms with Crippen LogP contribution < -0.4 is 15.1 Å². The highest BCUT2D eigenvalue weighted by Crippen LogP contribution is 2.40.